The van der Waals surface area contributed by atoms with Gasteiger partial charge >= 0.3 is 19.8 Å². The van der Waals surface area contributed by atoms with Gasteiger partial charge in [0.25, 0.3) is 0 Å². The highest BCUT2D eigenvalue weighted by Gasteiger charge is 2.27. The number of esters is 2. The third-order valence-electron chi connectivity index (χ3n) is 10.2. The van der Waals surface area contributed by atoms with E-state index in [2.05, 4.69) is 38.2 Å². The maximum atomic E-state index is 12.4. The molecule has 336 valence electrons. The fraction of sp³-hybridized carbons (Fsp3) is 0.870. The lowest BCUT2D eigenvalue weighted by molar-refractivity contribution is -0.153. The number of unbranched alkanes of at least 4 members (excludes halogenated alkanes) is 26. The summed E-state index contributed by atoms with van der Waals surface area (Å²) >= 11 is 0. The number of carbonyl (C=O) groups is 2. The standard InChI is InChI=1S/C46H87O10P/c1-3-5-7-9-11-13-15-17-19-21-22-24-26-28-30-32-34-36-38-46(50)56-44(40-48)42-54-57(51,52)53-41-43(39-47)55-45(49)37-35-33-31-29-27-25-23-20-18-16-14-12-10-8-6-4-2/h14,16,20,23,43-44,47-48H,3-13,15,17-19,21-22,24-42H2,1-2H3,(H,51,52)/b16-14-,23-20-. The fourth-order valence-corrected chi connectivity index (χ4v) is 7.34. The molecule has 0 amide bonds. The lowest BCUT2D eigenvalue weighted by Crippen LogP contribution is -2.28. The quantitative estimate of drug-likeness (QED) is 0.0234. The molecule has 0 heterocycles. The minimum Gasteiger partial charge on any atom is -0.457 e. The lowest BCUT2D eigenvalue weighted by atomic mass is 10.0. The minimum atomic E-state index is -4.64. The molecule has 0 spiro atoms. The maximum Gasteiger partial charge on any atom is 0.472 e. The summed E-state index contributed by atoms with van der Waals surface area (Å²) in [7, 11) is -4.64. The number of hydrogen-bond donors (Lipinski definition) is 3. The van der Waals surface area contributed by atoms with Crippen LogP contribution in [0.1, 0.15) is 219 Å². The summed E-state index contributed by atoms with van der Waals surface area (Å²) in [6.45, 7) is 2.21. The molecule has 0 aliphatic carbocycles. The topological polar surface area (TPSA) is 149 Å². The second-order valence-corrected chi connectivity index (χ2v) is 17.2. The summed E-state index contributed by atoms with van der Waals surface area (Å²) in [5.41, 5.74) is 0. The number of phosphoric acid groups is 1. The van der Waals surface area contributed by atoms with Crippen LogP contribution in [0, 0.1) is 0 Å². The molecule has 0 bridgehead atoms. The van der Waals surface area contributed by atoms with E-state index in [4.69, 9.17) is 18.5 Å². The van der Waals surface area contributed by atoms with E-state index < -0.39 is 58.4 Å². The van der Waals surface area contributed by atoms with E-state index in [0.29, 0.717) is 12.8 Å². The Kier molecular flexibility index (Phi) is 41.4. The van der Waals surface area contributed by atoms with E-state index in [1.165, 1.54) is 122 Å². The predicted octanol–water partition coefficient (Wildman–Crippen LogP) is 12.6. The molecule has 0 aliphatic rings. The van der Waals surface area contributed by atoms with Crippen molar-refractivity contribution in [2.45, 2.75) is 232 Å². The van der Waals surface area contributed by atoms with Gasteiger partial charge in [0.05, 0.1) is 26.4 Å². The molecule has 3 N–H and O–H groups in total. The van der Waals surface area contributed by atoms with Crippen LogP contribution in [0.15, 0.2) is 24.3 Å². The number of carbonyl (C=O) groups excluding carboxylic acids is 2. The van der Waals surface area contributed by atoms with Crippen molar-refractivity contribution in [2.75, 3.05) is 26.4 Å². The molecule has 0 radical (unpaired) electrons. The highest BCUT2D eigenvalue weighted by molar-refractivity contribution is 7.47. The van der Waals surface area contributed by atoms with Crippen LogP contribution >= 0.6 is 7.82 Å². The molecule has 57 heavy (non-hydrogen) atoms. The van der Waals surface area contributed by atoms with Crippen molar-refractivity contribution in [3.05, 3.63) is 24.3 Å². The highest BCUT2D eigenvalue weighted by Crippen LogP contribution is 2.43. The first-order valence-corrected chi connectivity index (χ1v) is 24.8. The smallest absolute Gasteiger partial charge is 0.457 e. The molecular formula is C46H87O10P. The van der Waals surface area contributed by atoms with Crippen molar-refractivity contribution in [2.24, 2.45) is 0 Å². The van der Waals surface area contributed by atoms with Crippen molar-refractivity contribution >= 4 is 19.8 Å². The van der Waals surface area contributed by atoms with Gasteiger partial charge in [0.2, 0.25) is 0 Å². The summed E-state index contributed by atoms with van der Waals surface area (Å²) in [5, 5.41) is 19.2. The van der Waals surface area contributed by atoms with Crippen LogP contribution in [0.3, 0.4) is 0 Å². The summed E-state index contributed by atoms with van der Waals surface area (Å²) in [6.07, 6.45) is 42.9. The molecule has 0 rings (SSSR count). The van der Waals surface area contributed by atoms with Gasteiger partial charge in [0, 0.05) is 12.8 Å². The van der Waals surface area contributed by atoms with Gasteiger partial charge in [-0.1, -0.05) is 186 Å². The fourth-order valence-electron chi connectivity index (χ4n) is 6.56. The van der Waals surface area contributed by atoms with Gasteiger partial charge in [-0.25, -0.2) is 4.57 Å². The molecule has 11 heteroatoms. The summed E-state index contributed by atoms with van der Waals surface area (Å²) < 4.78 is 32.6. The van der Waals surface area contributed by atoms with Gasteiger partial charge in [-0.2, -0.15) is 0 Å². The van der Waals surface area contributed by atoms with E-state index in [1.54, 1.807) is 0 Å². The molecule has 0 saturated heterocycles. The normalized spacial score (nSPS) is 14.0. The third kappa shape index (κ3) is 41.0. The second-order valence-electron chi connectivity index (χ2n) is 15.7. The van der Waals surface area contributed by atoms with Crippen molar-refractivity contribution in [3.8, 4) is 0 Å². The summed E-state index contributed by atoms with van der Waals surface area (Å²) in [4.78, 5) is 34.6. The Balaban J connectivity index is 3.88. The molecule has 0 aromatic heterocycles. The van der Waals surface area contributed by atoms with Gasteiger partial charge in [-0.3, -0.25) is 18.6 Å². The molecule has 0 aliphatic heterocycles. The van der Waals surface area contributed by atoms with E-state index in [1.807, 2.05) is 0 Å². The number of ether oxygens (including phenoxy) is 2. The van der Waals surface area contributed by atoms with Gasteiger partial charge in [0.1, 0.15) is 12.2 Å². The molecule has 10 nitrogen and oxygen atoms in total. The van der Waals surface area contributed by atoms with Crippen LogP contribution in [0.2, 0.25) is 0 Å². The van der Waals surface area contributed by atoms with Crippen LogP contribution in [0.25, 0.3) is 0 Å². The van der Waals surface area contributed by atoms with Gasteiger partial charge in [-0.15, -0.1) is 0 Å². The Hall–Kier alpha value is -1.55. The van der Waals surface area contributed by atoms with Crippen molar-refractivity contribution in [1.29, 1.82) is 0 Å². The Morgan fingerprint density at radius 1 is 0.474 bits per heavy atom. The molecule has 3 atom stereocenters. The average molecular weight is 831 g/mol. The van der Waals surface area contributed by atoms with Crippen molar-refractivity contribution in [1.82, 2.24) is 0 Å². The molecule has 0 aromatic rings. The monoisotopic (exact) mass is 831 g/mol. The number of aliphatic hydroxyl groups is 2. The molecule has 0 saturated carbocycles. The molecule has 0 fully saturated rings. The van der Waals surface area contributed by atoms with Gasteiger partial charge in [0.15, 0.2) is 0 Å². The number of aliphatic hydroxyl groups excluding tert-OH is 2. The summed E-state index contributed by atoms with van der Waals surface area (Å²) in [5.74, 6) is -1.02. The van der Waals surface area contributed by atoms with Gasteiger partial charge in [-0.05, 0) is 44.9 Å². The Morgan fingerprint density at radius 3 is 1.11 bits per heavy atom. The highest BCUT2D eigenvalue weighted by atomic mass is 31.2. The van der Waals surface area contributed by atoms with Crippen LogP contribution in [0.4, 0.5) is 0 Å². The van der Waals surface area contributed by atoms with Crippen LogP contribution in [-0.4, -0.2) is 65.7 Å². The number of allylic oxidation sites excluding steroid dienone is 4. The Morgan fingerprint density at radius 2 is 0.772 bits per heavy atom. The summed E-state index contributed by atoms with van der Waals surface area (Å²) in [6, 6.07) is 0. The zero-order valence-corrected chi connectivity index (χ0v) is 37.5. The minimum absolute atomic E-state index is 0.178. The van der Waals surface area contributed by atoms with Gasteiger partial charge < -0.3 is 24.6 Å². The zero-order chi connectivity index (χ0) is 41.9. The van der Waals surface area contributed by atoms with Crippen molar-refractivity contribution < 1.29 is 47.8 Å². The van der Waals surface area contributed by atoms with Crippen LogP contribution in [0.5, 0.6) is 0 Å². The maximum absolute atomic E-state index is 12.4. The first kappa shape index (κ1) is 55.5. The predicted molar refractivity (Wildman–Crippen MR) is 233 cm³/mol. The number of phosphoric ester groups is 1. The van der Waals surface area contributed by atoms with E-state index in [9.17, 15) is 29.3 Å². The SMILES string of the molecule is CCCCCC/C=C\C/C=C\CCCCCCCC(=O)OC(CO)COP(=O)(O)OCC(CO)OC(=O)CCCCCCCCCCCCCCCCCCCC. The van der Waals surface area contributed by atoms with Crippen molar-refractivity contribution in [3.63, 3.8) is 0 Å². The van der Waals surface area contributed by atoms with E-state index in [0.717, 1.165) is 57.8 Å². The van der Waals surface area contributed by atoms with E-state index >= 15 is 0 Å². The molecular weight excluding hydrogens is 743 g/mol. The zero-order valence-electron chi connectivity index (χ0n) is 36.6. The number of rotatable bonds is 44. The Labute approximate surface area is 348 Å². The van der Waals surface area contributed by atoms with Crippen LogP contribution in [-0.2, 0) is 32.7 Å². The Bertz CT molecular complexity index is 1000. The lowest BCUT2D eigenvalue weighted by Gasteiger charge is -2.20. The second kappa shape index (κ2) is 42.6. The molecule has 0 aromatic carbocycles. The first-order chi connectivity index (χ1) is 27.8. The average Bonchev–Trinajstić information content (AvgIpc) is 3.20. The third-order valence-corrected chi connectivity index (χ3v) is 11.1. The van der Waals surface area contributed by atoms with E-state index in [-0.39, 0.29) is 12.8 Å². The largest absolute Gasteiger partial charge is 0.472 e. The molecule has 3 unspecified atom stereocenters. The number of hydrogen-bond acceptors (Lipinski definition) is 9. The van der Waals surface area contributed by atoms with Crippen LogP contribution < -0.4 is 0 Å². The first-order valence-electron chi connectivity index (χ1n) is 23.3.